The van der Waals surface area contributed by atoms with Crippen LogP contribution in [0.25, 0.3) is 0 Å². The van der Waals surface area contributed by atoms with Crippen molar-refractivity contribution in [3.8, 4) is 0 Å². The largest absolute Gasteiger partial charge is 0.377 e. The summed E-state index contributed by atoms with van der Waals surface area (Å²) < 4.78 is 5.80. The van der Waals surface area contributed by atoms with Crippen LogP contribution in [-0.2, 0) is 4.74 Å². The van der Waals surface area contributed by atoms with Crippen LogP contribution in [0.1, 0.15) is 40.0 Å². The predicted molar refractivity (Wildman–Crippen MR) is 68.8 cm³/mol. The molecule has 1 atom stereocenters. The number of nitrogens with one attached hydrogen (secondary N) is 1. The van der Waals surface area contributed by atoms with Gasteiger partial charge in [-0.1, -0.05) is 13.8 Å². The summed E-state index contributed by atoms with van der Waals surface area (Å²) in [4.78, 5) is 2.40. The minimum absolute atomic E-state index is 0.391. The van der Waals surface area contributed by atoms with Gasteiger partial charge < -0.3 is 15.0 Å². The van der Waals surface area contributed by atoms with Gasteiger partial charge >= 0.3 is 0 Å². The van der Waals surface area contributed by atoms with Gasteiger partial charge in [0.05, 0.1) is 12.7 Å². The van der Waals surface area contributed by atoms with E-state index in [1.165, 1.54) is 12.8 Å². The molecule has 0 saturated heterocycles. The highest BCUT2D eigenvalue weighted by molar-refractivity contribution is 4.80. The van der Waals surface area contributed by atoms with Crippen LogP contribution < -0.4 is 5.32 Å². The highest BCUT2D eigenvalue weighted by Crippen LogP contribution is 2.18. The van der Waals surface area contributed by atoms with Gasteiger partial charge in [-0.25, -0.2) is 0 Å². The zero-order chi connectivity index (χ0) is 11.8. The van der Waals surface area contributed by atoms with Gasteiger partial charge in [0.1, 0.15) is 0 Å². The molecule has 1 saturated carbocycles. The average Bonchev–Trinajstić information content (AvgIpc) is 3.08. The molecule has 0 radical (unpaired) electrons. The van der Waals surface area contributed by atoms with Crippen LogP contribution in [0.5, 0.6) is 0 Å². The van der Waals surface area contributed by atoms with Gasteiger partial charge in [-0.15, -0.1) is 0 Å². The standard InChI is InChI=1S/C13H28N2O/c1-4-15(5-2)10-11-16-12(3)8-9-14-13-6-7-13/h12-14H,4-11H2,1-3H3. The predicted octanol–water partition coefficient (Wildman–Crippen LogP) is 1.88. The maximum atomic E-state index is 5.80. The van der Waals surface area contributed by atoms with Crippen molar-refractivity contribution in [1.29, 1.82) is 0 Å². The lowest BCUT2D eigenvalue weighted by atomic mass is 10.3. The van der Waals surface area contributed by atoms with E-state index in [2.05, 4.69) is 31.0 Å². The first-order chi connectivity index (χ1) is 7.76. The van der Waals surface area contributed by atoms with Gasteiger partial charge in [-0.3, -0.25) is 0 Å². The van der Waals surface area contributed by atoms with Crippen LogP contribution >= 0.6 is 0 Å². The Kier molecular flexibility index (Phi) is 7.01. The SMILES string of the molecule is CCN(CC)CCOC(C)CCNC1CC1. The molecule has 1 unspecified atom stereocenters. The Bertz CT molecular complexity index is 167. The summed E-state index contributed by atoms with van der Waals surface area (Å²) in [5.74, 6) is 0. The normalized spacial score (nSPS) is 18.0. The van der Waals surface area contributed by atoms with Crippen LogP contribution in [0.2, 0.25) is 0 Å². The average molecular weight is 228 g/mol. The minimum atomic E-state index is 0.391. The molecular weight excluding hydrogens is 200 g/mol. The van der Waals surface area contributed by atoms with Crippen LogP contribution in [0.4, 0.5) is 0 Å². The molecule has 96 valence electrons. The summed E-state index contributed by atoms with van der Waals surface area (Å²) in [6.07, 6.45) is 4.27. The van der Waals surface area contributed by atoms with Gasteiger partial charge in [-0.05, 0) is 45.8 Å². The Hall–Kier alpha value is -0.120. The van der Waals surface area contributed by atoms with E-state index in [1.807, 2.05) is 0 Å². The molecule has 0 aromatic rings. The van der Waals surface area contributed by atoms with Crippen LogP contribution in [-0.4, -0.2) is 49.8 Å². The van der Waals surface area contributed by atoms with Gasteiger partial charge in [0.15, 0.2) is 0 Å². The highest BCUT2D eigenvalue weighted by Gasteiger charge is 2.19. The zero-order valence-electron chi connectivity index (χ0n) is 11.2. The summed E-state index contributed by atoms with van der Waals surface area (Å²) in [6.45, 7) is 11.9. The van der Waals surface area contributed by atoms with Crippen LogP contribution in [0.3, 0.4) is 0 Å². The number of nitrogens with zero attached hydrogens (tertiary/aromatic N) is 1. The number of rotatable bonds is 10. The lowest BCUT2D eigenvalue weighted by Gasteiger charge is -2.20. The van der Waals surface area contributed by atoms with Gasteiger partial charge in [-0.2, -0.15) is 0 Å². The molecule has 1 fully saturated rings. The third-order valence-electron chi connectivity index (χ3n) is 3.27. The molecule has 0 heterocycles. The van der Waals surface area contributed by atoms with E-state index in [9.17, 15) is 0 Å². The molecule has 1 aliphatic rings. The summed E-state index contributed by atoms with van der Waals surface area (Å²) >= 11 is 0. The van der Waals surface area contributed by atoms with E-state index in [0.717, 1.165) is 45.2 Å². The zero-order valence-corrected chi connectivity index (χ0v) is 11.2. The molecule has 0 spiro atoms. The second-order valence-electron chi connectivity index (χ2n) is 4.73. The molecule has 3 nitrogen and oxygen atoms in total. The quantitative estimate of drug-likeness (QED) is 0.618. The van der Waals surface area contributed by atoms with Crippen LogP contribution in [0, 0.1) is 0 Å². The van der Waals surface area contributed by atoms with Crippen molar-refractivity contribution in [2.45, 2.75) is 52.2 Å². The van der Waals surface area contributed by atoms with Crippen molar-refractivity contribution >= 4 is 0 Å². The molecule has 0 aromatic heterocycles. The molecule has 0 bridgehead atoms. The molecule has 0 aromatic carbocycles. The first-order valence-electron chi connectivity index (χ1n) is 6.83. The highest BCUT2D eigenvalue weighted by atomic mass is 16.5. The molecular formula is C13H28N2O. The molecule has 1 rings (SSSR count). The van der Waals surface area contributed by atoms with E-state index in [4.69, 9.17) is 4.74 Å². The van der Waals surface area contributed by atoms with Crippen molar-refractivity contribution in [3.05, 3.63) is 0 Å². The summed E-state index contributed by atoms with van der Waals surface area (Å²) in [7, 11) is 0. The van der Waals surface area contributed by atoms with E-state index in [-0.39, 0.29) is 0 Å². The molecule has 1 N–H and O–H groups in total. The van der Waals surface area contributed by atoms with E-state index < -0.39 is 0 Å². The first-order valence-corrected chi connectivity index (χ1v) is 6.83. The Morgan fingerprint density at radius 1 is 1.31 bits per heavy atom. The molecule has 0 amide bonds. The Morgan fingerprint density at radius 3 is 2.56 bits per heavy atom. The van der Waals surface area contributed by atoms with Gasteiger partial charge in [0.2, 0.25) is 0 Å². The van der Waals surface area contributed by atoms with Crippen molar-refractivity contribution < 1.29 is 4.74 Å². The molecule has 16 heavy (non-hydrogen) atoms. The fraction of sp³-hybridized carbons (Fsp3) is 1.00. The summed E-state index contributed by atoms with van der Waals surface area (Å²) in [6, 6.07) is 0.822. The minimum Gasteiger partial charge on any atom is -0.377 e. The lowest BCUT2D eigenvalue weighted by Crippen LogP contribution is -2.29. The van der Waals surface area contributed by atoms with Crippen molar-refractivity contribution in [2.75, 3.05) is 32.8 Å². The smallest absolute Gasteiger partial charge is 0.0597 e. The number of hydrogen-bond acceptors (Lipinski definition) is 3. The van der Waals surface area contributed by atoms with Crippen molar-refractivity contribution in [3.63, 3.8) is 0 Å². The van der Waals surface area contributed by atoms with E-state index >= 15 is 0 Å². The molecule has 1 aliphatic carbocycles. The van der Waals surface area contributed by atoms with Crippen molar-refractivity contribution in [1.82, 2.24) is 10.2 Å². The Labute approximate surface area is 101 Å². The third kappa shape index (κ3) is 6.46. The van der Waals surface area contributed by atoms with E-state index in [0.29, 0.717) is 6.10 Å². The van der Waals surface area contributed by atoms with E-state index in [1.54, 1.807) is 0 Å². The summed E-state index contributed by atoms with van der Waals surface area (Å²) in [5.41, 5.74) is 0. The fourth-order valence-electron chi connectivity index (χ4n) is 1.78. The second kappa shape index (κ2) is 8.04. The summed E-state index contributed by atoms with van der Waals surface area (Å²) in [5, 5.41) is 3.52. The maximum Gasteiger partial charge on any atom is 0.0597 e. The Balaban J connectivity index is 1.89. The molecule has 3 heteroatoms. The lowest BCUT2D eigenvalue weighted by molar-refractivity contribution is 0.0453. The second-order valence-corrected chi connectivity index (χ2v) is 4.73. The topological polar surface area (TPSA) is 24.5 Å². The Morgan fingerprint density at radius 2 is 2.00 bits per heavy atom. The molecule has 0 aliphatic heterocycles. The first kappa shape index (κ1) is 13.9. The third-order valence-corrected chi connectivity index (χ3v) is 3.27. The number of ether oxygens (including phenoxy) is 1. The number of likely N-dealkylation sites (N-methyl/N-ethyl adjacent to an activating group) is 1. The maximum absolute atomic E-state index is 5.80. The monoisotopic (exact) mass is 228 g/mol. The van der Waals surface area contributed by atoms with Crippen LogP contribution in [0.15, 0.2) is 0 Å². The van der Waals surface area contributed by atoms with Gasteiger partial charge in [0, 0.05) is 12.6 Å². The number of hydrogen-bond donors (Lipinski definition) is 1. The van der Waals surface area contributed by atoms with Crippen molar-refractivity contribution in [2.24, 2.45) is 0 Å². The van der Waals surface area contributed by atoms with Gasteiger partial charge in [0.25, 0.3) is 0 Å². The fourth-order valence-corrected chi connectivity index (χ4v) is 1.78.